The van der Waals surface area contributed by atoms with Crippen molar-refractivity contribution in [3.8, 4) is 6.07 Å². The van der Waals surface area contributed by atoms with Gasteiger partial charge < -0.3 is 4.74 Å². The lowest BCUT2D eigenvalue weighted by atomic mass is 10.1. The van der Waals surface area contributed by atoms with Gasteiger partial charge in [-0.05, 0) is 24.0 Å². The molecule has 0 N–H and O–H groups in total. The van der Waals surface area contributed by atoms with Crippen LogP contribution in [0.3, 0.4) is 0 Å². The maximum atomic E-state index is 8.56. The standard InChI is InChI=1S/C9H15NOS/c1-11-6-7-12-8-9(2-3-9)4-5-10/h2-4,6-8H2,1H3. The third kappa shape index (κ3) is 3.04. The highest BCUT2D eigenvalue weighted by atomic mass is 32.2. The molecule has 0 heterocycles. The van der Waals surface area contributed by atoms with Gasteiger partial charge in [0.1, 0.15) is 0 Å². The van der Waals surface area contributed by atoms with Gasteiger partial charge in [-0.1, -0.05) is 0 Å². The van der Waals surface area contributed by atoms with Crippen LogP contribution in [0.2, 0.25) is 0 Å². The second-order valence-electron chi connectivity index (χ2n) is 3.38. The number of hydrogen-bond donors (Lipinski definition) is 0. The normalized spacial score (nSPS) is 18.7. The summed E-state index contributed by atoms with van der Waals surface area (Å²) < 4.78 is 4.95. The Morgan fingerprint density at radius 1 is 1.58 bits per heavy atom. The first kappa shape index (κ1) is 9.88. The lowest BCUT2D eigenvalue weighted by Gasteiger charge is -2.09. The Bertz CT molecular complexity index is 172. The largest absolute Gasteiger partial charge is 0.384 e. The highest BCUT2D eigenvalue weighted by molar-refractivity contribution is 7.99. The van der Waals surface area contributed by atoms with Crippen molar-refractivity contribution in [2.24, 2.45) is 5.41 Å². The van der Waals surface area contributed by atoms with Crippen LogP contribution in [0.5, 0.6) is 0 Å². The average Bonchev–Trinajstić information content (AvgIpc) is 2.81. The van der Waals surface area contributed by atoms with Crippen LogP contribution in [0.4, 0.5) is 0 Å². The topological polar surface area (TPSA) is 33.0 Å². The van der Waals surface area contributed by atoms with Crippen molar-refractivity contribution in [2.75, 3.05) is 25.2 Å². The van der Waals surface area contributed by atoms with Gasteiger partial charge in [0.2, 0.25) is 0 Å². The van der Waals surface area contributed by atoms with Gasteiger partial charge in [-0.25, -0.2) is 0 Å². The number of ether oxygens (including phenoxy) is 1. The van der Waals surface area contributed by atoms with Gasteiger partial charge in [0.25, 0.3) is 0 Å². The van der Waals surface area contributed by atoms with Crippen LogP contribution in [-0.4, -0.2) is 25.2 Å². The minimum absolute atomic E-state index is 0.396. The van der Waals surface area contributed by atoms with Crippen molar-refractivity contribution in [1.29, 1.82) is 5.26 Å². The summed E-state index contributed by atoms with van der Waals surface area (Å²) in [6, 6.07) is 2.27. The number of nitrogens with zero attached hydrogens (tertiary/aromatic N) is 1. The molecule has 0 unspecified atom stereocenters. The van der Waals surface area contributed by atoms with Crippen LogP contribution in [-0.2, 0) is 4.74 Å². The van der Waals surface area contributed by atoms with E-state index in [1.807, 2.05) is 11.8 Å². The molecule has 12 heavy (non-hydrogen) atoms. The number of hydrogen-bond acceptors (Lipinski definition) is 3. The fourth-order valence-electron chi connectivity index (χ4n) is 1.15. The molecule has 1 fully saturated rings. The van der Waals surface area contributed by atoms with Gasteiger partial charge in [-0.2, -0.15) is 17.0 Å². The third-order valence-corrected chi connectivity index (χ3v) is 3.52. The Labute approximate surface area is 78.3 Å². The van der Waals surface area contributed by atoms with Crippen LogP contribution >= 0.6 is 11.8 Å². The molecule has 2 nitrogen and oxygen atoms in total. The number of methoxy groups -OCH3 is 1. The monoisotopic (exact) mass is 185 g/mol. The molecular weight excluding hydrogens is 170 g/mol. The second-order valence-corrected chi connectivity index (χ2v) is 4.49. The van der Waals surface area contributed by atoms with Crippen molar-refractivity contribution in [1.82, 2.24) is 0 Å². The SMILES string of the molecule is COCCSCC1(CC#N)CC1. The summed E-state index contributed by atoms with van der Waals surface area (Å²) in [6.07, 6.45) is 3.24. The minimum Gasteiger partial charge on any atom is -0.384 e. The predicted molar refractivity (Wildman–Crippen MR) is 51.1 cm³/mol. The molecule has 0 bridgehead atoms. The summed E-state index contributed by atoms with van der Waals surface area (Å²) in [7, 11) is 1.72. The molecule has 1 saturated carbocycles. The Kier molecular flexibility index (Phi) is 3.90. The summed E-state index contributed by atoms with van der Waals surface area (Å²) in [5.41, 5.74) is 0.396. The molecule has 0 spiro atoms. The van der Waals surface area contributed by atoms with Gasteiger partial charge in [0.15, 0.2) is 0 Å². The molecule has 3 heteroatoms. The quantitative estimate of drug-likeness (QED) is 0.594. The fraction of sp³-hybridized carbons (Fsp3) is 0.889. The van der Waals surface area contributed by atoms with Crippen molar-refractivity contribution in [3.63, 3.8) is 0 Å². The summed E-state index contributed by atoms with van der Waals surface area (Å²) in [5.74, 6) is 2.20. The summed E-state index contributed by atoms with van der Waals surface area (Å²) in [6.45, 7) is 0.827. The predicted octanol–water partition coefficient (Wildman–Crippen LogP) is 2.06. The number of thioether (sulfide) groups is 1. The van der Waals surface area contributed by atoms with E-state index in [0.717, 1.165) is 24.5 Å². The van der Waals surface area contributed by atoms with E-state index in [-0.39, 0.29) is 0 Å². The van der Waals surface area contributed by atoms with E-state index in [1.165, 1.54) is 12.8 Å². The first-order valence-corrected chi connectivity index (χ1v) is 5.42. The van der Waals surface area contributed by atoms with E-state index in [4.69, 9.17) is 10.00 Å². The molecule has 0 amide bonds. The summed E-state index contributed by atoms with van der Waals surface area (Å²) in [4.78, 5) is 0. The molecule has 1 aliphatic rings. The Morgan fingerprint density at radius 3 is 2.83 bits per heavy atom. The van der Waals surface area contributed by atoms with Crippen LogP contribution in [0.1, 0.15) is 19.3 Å². The Hall–Kier alpha value is -0.200. The molecule has 0 radical (unpaired) electrons. The lowest BCUT2D eigenvalue weighted by Crippen LogP contribution is -2.04. The fourth-order valence-corrected chi connectivity index (χ4v) is 2.40. The number of nitriles is 1. The van der Waals surface area contributed by atoms with E-state index in [1.54, 1.807) is 7.11 Å². The lowest BCUT2D eigenvalue weighted by molar-refractivity contribution is 0.218. The van der Waals surface area contributed by atoms with Crippen LogP contribution in [0.15, 0.2) is 0 Å². The zero-order chi connectivity index (χ0) is 8.86. The number of rotatable bonds is 6. The molecule has 0 aromatic rings. The van der Waals surface area contributed by atoms with E-state index >= 15 is 0 Å². The first-order chi connectivity index (χ1) is 5.83. The van der Waals surface area contributed by atoms with E-state index in [2.05, 4.69) is 6.07 Å². The van der Waals surface area contributed by atoms with Crippen molar-refractivity contribution in [3.05, 3.63) is 0 Å². The van der Waals surface area contributed by atoms with E-state index in [9.17, 15) is 0 Å². The second kappa shape index (κ2) is 4.74. The van der Waals surface area contributed by atoms with Gasteiger partial charge in [0, 0.05) is 19.3 Å². The van der Waals surface area contributed by atoms with Gasteiger partial charge >= 0.3 is 0 Å². The van der Waals surface area contributed by atoms with Gasteiger partial charge in [0.05, 0.1) is 12.7 Å². The zero-order valence-corrected chi connectivity index (χ0v) is 8.32. The smallest absolute Gasteiger partial charge is 0.0627 e. The molecule has 0 aromatic carbocycles. The summed E-state index contributed by atoms with van der Waals surface area (Å²) >= 11 is 1.91. The van der Waals surface area contributed by atoms with Crippen molar-refractivity contribution >= 4 is 11.8 Å². The van der Waals surface area contributed by atoms with Crippen LogP contribution < -0.4 is 0 Å². The summed E-state index contributed by atoms with van der Waals surface area (Å²) in [5, 5.41) is 8.56. The molecule has 0 aliphatic heterocycles. The molecule has 1 aliphatic carbocycles. The molecule has 0 saturated heterocycles. The van der Waals surface area contributed by atoms with Crippen LogP contribution in [0.25, 0.3) is 0 Å². The maximum Gasteiger partial charge on any atom is 0.0627 e. The highest BCUT2D eigenvalue weighted by Gasteiger charge is 2.41. The molecule has 1 rings (SSSR count). The van der Waals surface area contributed by atoms with Crippen LogP contribution in [0, 0.1) is 16.7 Å². The molecular formula is C9H15NOS. The van der Waals surface area contributed by atoms with Crippen molar-refractivity contribution in [2.45, 2.75) is 19.3 Å². The molecule has 0 aromatic heterocycles. The maximum absolute atomic E-state index is 8.56. The molecule has 0 atom stereocenters. The molecule has 68 valence electrons. The van der Waals surface area contributed by atoms with E-state index < -0.39 is 0 Å². The Balaban J connectivity index is 2.03. The average molecular weight is 185 g/mol. The Morgan fingerprint density at radius 2 is 2.33 bits per heavy atom. The van der Waals surface area contributed by atoms with Gasteiger partial charge in [-0.15, -0.1) is 0 Å². The third-order valence-electron chi connectivity index (χ3n) is 2.25. The van der Waals surface area contributed by atoms with Gasteiger partial charge in [-0.3, -0.25) is 0 Å². The first-order valence-electron chi connectivity index (χ1n) is 4.27. The van der Waals surface area contributed by atoms with Crippen molar-refractivity contribution < 1.29 is 4.74 Å². The highest BCUT2D eigenvalue weighted by Crippen LogP contribution is 2.50. The zero-order valence-electron chi connectivity index (χ0n) is 7.51. The minimum atomic E-state index is 0.396. The van der Waals surface area contributed by atoms with E-state index in [0.29, 0.717) is 5.41 Å².